The first-order valence-electron chi connectivity index (χ1n) is 9.74. The highest BCUT2D eigenvalue weighted by Gasteiger charge is 2.30. The number of hydrogen-bond acceptors (Lipinski definition) is 5. The number of benzene rings is 1. The Morgan fingerprint density at radius 2 is 2.07 bits per heavy atom. The van der Waals surface area contributed by atoms with Crippen molar-refractivity contribution in [3.05, 3.63) is 77.3 Å². The number of furan rings is 1. The number of hydrogen-bond donors (Lipinski definition) is 3. The van der Waals surface area contributed by atoms with Crippen molar-refractivity contribution in [2.45, 2.75) is 37.9 Å². The van der Waals surface area contributed by atoms with Gasteiger partial charge in [-0.2, -0.15) is 0 Å². The van der Waals surface area contributed by atoms with Crippen molar-refractivity contribution >= 4 is 0 Å². The van der Waals surface area contributed by atoms with Gasteiger partial charge in [0.25, 0.3) is 0 Å². The van der Waals surface area contributed by atoms with E-state index in [1.165, 1.54) is 17.0 Å². The zero-order valence-electron chi connectivity index (χ0n) is 15.3. The van der Waals surface area contributed by atoms with Crippen LogP contribution in [0.1, 0.15) is 47.0 Å². The molecule has 5 rings (SSSR count). The van der Waals surface area contributed by atoms with Crippen LogP contribution in [-0.4, -0.2) is 28.0 Å². The topological polar surface area (TPSA) is 69.1 Å². The average Bonchev–Trinajstić information content (AvgIpc) is 3.46. The van der Waals surface area contributed by atoms with Crippen LogP contribution in [0.2, 0.25) is 0 Å². The van der Waals surface area contributed by atoms with Gasteiger partial charge in [-0.25, -0.2) is 10.4 Å². The van der Waals surface area contributed by atoms with E-state index in [0.717, 1.165) is 50.4 Å². The monoisotopic (exact) mass is 363 g/mol. The summed E-state index contributed by atoms with van der Waals surface area (Å²) in [6.45, 7) is 2.80. The van der Waals surface area contributed by atoms with Crippen LogP contribution in [-0.2, 0) is 19.4 Å². The Morgan fingerprint density at radius 1 is 1.15 bits per heavy atom. The van der Waals surface area contributed by atoms with Crippen molar-refractivity contribution in [2.24, 2.45) is 0 Å². The summed E-state index contributed by atoms with van der Waals surface area (Å²) in [6, 6.07) is 15.4. The predicted molar refractivity (Wildman–Crippen MR) is 103 cm³/mol. The fourth-order valence-electron chi connectivity index (χ4n) is 4.22. The van der Waals surface area contributed by atoms with Crippen LogP contribution < -0.4 is 10.9 Å². The summed E-state index contributed by atoms with van der Waals surface area (Å²) in [7, 11) is 0. The molecule has 2 atom stereocenters. The molecule has 27 heavy (non-hydrogen) atoms. The highest BCUT2D eigenvalue weighted by molar-refractivity contribution is 5.25. The van der Waals surface area contributed by atoms with E-state index in [2.05, 4.69) is 68.2 Å². The summed E-state index contributed by atoms with van der Waals surface area (Å²) in [4.78, 5) is 10.5. The summed E-state index contributed by atoms with van der Waals surface area (Å²) in [5, 5.41) is 0. The molecule has 6 heteroatoms. The van der Waals surface area contributed by atoms with E-state index in [1.807, 2.05) is 6.33 Å². The van der Waals surface area contributed by atoms with Crippen molar-refractivity contribution < 1.29 is 4.42 Å². The molecule has 2 unspecified atom stereocenters. The fourth-order valence-corrected chi connectivity index (χ4v) is 4.22. The molecule has 0 spiro atoms. The van der Waals surface area contributed by atoms with Crippen molar-refractivity contribution in [2.75, 3.05) is 13.1 Å². The van der Waals surface area contributed by atoms with Crippen molar-refractivity contribution in [1.82, 2.24) is 25.7 Å². The fraction of sp³-hybridized carbons (Fsp3) is 0.381. The molecule has 0 aliphatic carbocycles. The van der Waals surface area contributed by atoms with E-state index < -0.39 is 0 Å². The number of hydrazine groups is 1. The van der Waals surface area contributed by atoms with Gasteiger partial charge in [0.05, 0.1) is 30.6 Å². The Kier molecular flexibility index (Phi) is 4.53. The van der Waals surface area contributed by atoms with Crippen molar-refractivity contribution in [3.63, 3.8) is 0 Å². The van der Waals surface area contributed by atoms with Gasteiger partial charge in [-0.15, -0.1) is 0 Å². The highest BCUT2D eigenvalue weighted by atomic mass is 16.3. The summed E-state index contributed by atoms with van der Waals surface area (Å²) in [5.41, 5.74) is 10.2. The summed E-state index contributed by atoms with van der Waals surface area (Å²) in [6.07, 6.45) is 4.85. The van der Waals surface area contributed by atoms with E-state index in [1.54, 1.807) is 0 Å². The van der Waals surface area contributed by atoms with Gasteiger partial charge in [-0.1, -0.05) is 30.3 Å². The Balaban J connectivity index is 1.37. The second-order valence-electron chi connectivity index (χ2n) is 7.41. The minimum atomic E-state index is 0.266. The zero-order chi connectivity index (χ0) is 18.1. The molecule has 0 saturated carbocycles. The Bertz CT molecular complexity index is 881. The molecule has 2 aromatic heterocycles. The second kappa shape index (κ2) is 7.31. The SMILES string of the molecule is c1ccc(CC2c3nc[nH]c3CCN2Cc2ccc(C3CCNN3)o2)cc1. The Hall–Kier alpha value is -2.41. The van der Waals surface area contributed by atoms with Gasteiger partial charge in [0, 0.05) is 25.2 Å². The molecule has 0 radical (unpaired) electrons. The van der Waals surface area contributed by atoms with Crippen LogP contribution in [0.4, 0.5) is 0 Å². The predicted octanol–water partition coefficient (Wildman–Crippen LogP) is 2.88. The van der Waals surface area contributed by atoms with Crippen LogP contribution >= 0.6 is 0 Å². The quantitative estimate of drug-likeness (QED) is 0.650. The van der Waals surface area contributed by atoms with E-state index >= 15 is 0 Å². The number of imidazole rings is 1. The standard InChI is InChI=1S/C21H25N5O/c1-2-4-15(5-3-1)12-19-21-18(22-14-23-21)9-11-26(19)13-16-6-7-20(27-16)17-8-10-24-25-17/h1-7,14,17,19,24-25H,8-13H2,(H,22,23). The van der Waals surface area contributed by atoms with Crippen LogP contribution in [0.25, 0.3) is 0 Å². The molecule has 3 N–H and O–H groups in total. The van der Waals surface area contributed by atoms with E-state index in [4.69, 9.17) is 4.42 Å². The lowest BCUT2D eigenvalue weighted by Crippen LogP contribution is -2.36. The third-order valence-corrected chi connectivity index (χ3v) is 5.65. The molecule has 6 nitrogen and oxygen atoms in total. The first-order valence-corrected chi connectivity index (χ1v) is 9.74. The molecule has 140 valence electrons. The van der Waals surface area contributed by atoms with Gasteiger partial charge in [0.15, 0.2) is 0 Å². The maximum atomic E-state index is 6.17. The summed E-state index contributed by atoms with van der Waals surface area (Å²) in [5.74, 6) is 2.04. The number of nitrogens with zero attached hydrogens (tertiary/aromatic N) is 2. The van der Waals surface area contributed by atoms with Crippen LogP contribution in [0.15, 0.2) is 53.2 Å². The lowest BCUT2D eigenvalue weighted by molar-refractivity contribution is 0.156. The number of H-pyrrole nitrogens is 1. The normalized spacial score (nSPS) is 22.8. The van der Waals surface area contributed by atoms with Crippen LogP contribution in [0.5, 0.6) is 0 Å². The van der Waals surface area contributed by atoms with Crippen molar-refractivity contribution in [1.29, 1.82) is 0 Å². The minimum absolute atomic E-state index is 0.266. The number of aromatic nitrogens is 2. The van der Waals surface area contributed by atoms with Gasteiger partial charge >= 0.3 is 0 Å². The first-order chi connectivity index (χ1) is 13.4. The number of nitrogens with one attached hydrogen (secondary N) is 3. The summed E-state index contributed by atoms with van der Waals surface area (Å²) >= 11 is 0. The van der Waals surface area contributed by atoms with Crippen molar-refractivity contribution in [3.8, 4) is 0 Å². The maximum Gasteiger partial charge on any atom is 0.122 e. The number of aromatic amines is 1. The molecule has 4 heterocycles. The molecule has 1 aromatic carbocycles. The number of rotatable bonds is 5. The van der Waals surface area contributed by atoms with E-state index in [0.29, 0.717) is 0 Å². The molecular formula is C21H25N5O. The Morgan fingerprint density at radius 3 is 2.93 bits per heavy atom. The molecule has 0 bridgehead atoms. The van der Waals surface area contributed by atoms with E-state index in [-0.39, 0.29) is 12.1 Å². The lowest BCUT2D eigenvalue weighted by Gasteiger charge is -2.34. The minimum Gasteiger partial charge on any atom is -0.463 e. The van der Waals surface area contributed by atoms with Crippen LogP contribution in [0.3, 0.4) is 0 Å². The summed E-state index contributed by atoms with van der Waals surface area (Å²) < 4.78 is 6.17. The third-order valence-electron chi connectivity index (χ3n) is 5.65. The van der Waals surface area contributed by atoms with Gasteiger partial charge in [-0.05, 0) is 30.5 Å². The van der Waals surface area contributed by atoms with Gasteiger partial charge < -0.3 is 9.40 Å². The average molecular weight is 363 g/mol. The maximum absolute atomic E-state index is 6.17. The van der Waals surface area contributed by atoms with E-state index in [9.17, 15) is 0 Å². The molecule has 2 aliphatic rings. The molecule has 1 fully saturated rings. The number of fused-ring (bicyclic) bond motifs is 1. The smallest absolute Gasteiger partial charge is 0.122 e. The lowest BCUT2D eigenvalue weighted by atomic mass is 9.96. The molecule has 1 saturated heterocycles. The second-order valence-corrected chi connectivity index (χ2v) is 7.41. The van der Waals surface area contributed by atoms with Gasteiger partial charge in [0.2, 0.25) is 0 Å². The molecule has 2 aliphatic heterocycles. The third kappa shape index (κ3) is 3.43. The Labute approximate surface area is 159 Å². The van der Waals surface area contributed by atoms with Gasteiger partial charge in [0.1, 0.15) is 11.5 Å². The largest absolute Gasteiger partial charge is 0.463 e. The molecule has 0 amide bonds. The molecular weight excluding hydrogens is 338 g/mol. The first kappa shape index (κ1) is 16.7. The molecule has 3 aromatic rings. The highest BCUT2D eigenvalue weighted by Crippen LogP contribution is 2.32. The van der Waals surface area contributed by atoms with Gasteiger partial charge in [-0.3, -0.25) is 10.3 Å². The van der Waals surface area contributed by atoms with Crippen LogP contribution in [0, 0.1) is 0 Å². The zero-order valence-corrected chi connectivity index (χ0v) is 15.3.